The predicted molar refractivity (Wildman–Crippen MR) is 62.9 cm³/mol. The number of aliphatic carboxylic acids is 1. The fraction of sp³-hybridized carbons (Fsp3) is 0.364. The second-order valence-electron chi connectivity index (χ2n) is 3.86. The summed E-state index contributed by atoms with van der Waals surface area (Å²) in [5.74, 6) is -1.05. The van der Waals surface area contributed by atoms with Gasteiger partial charge >= 0.3 is 12.3 Å². The quantitative estimate of drug-likeness (QED) is 0.896. The van der Waals surface area contributed by atoms with Gasteiger partial charge in [-0.3, -0.25) is 10.1 Å². The van der Waals surface area contributed by atoms with Crippen molar-refractivity contribution in [3.8, 4) is 5.75 Å². The van der Waals surface area contributed by atoms with E-state index in [1.807, 2.05) is 0 Å². The fourth-order valence-electron chi connectivity index (χ4n) is 1.71. The van der Waals surface area contributed by atoms with Gasteiger partial charge in [-0.05, 0) is 6.07 Å². The summed E-state index contributed by atoms with van der Waals surface area (Å²) in [6.07, 6.45) is -4.77. The SMILES string of the molecule is O=C(O)[C@@H]1CS[C@@H](c2ccccc2OC(F)(F)F)N1. The van der Waals surface area contributed by atoms with E-state index in [0.29, 0.717) is 5.75 Å². The summed E-state index contributed by atoms with van der Waals surface area (Å²) in [5.41, 5.74) is 0.286. The van der Waals surface area contributed by atoms with E-state index in [4.69, 9.17) is 5.11 Å². The van der Waals surface area contributed by atoms with Crippen LogP contribution in [0.15, 0.2) is 24.3 Å². The maximum atomic E-state index is 12.3. The Kier molecular flexibility index (Phi) is 3.91. The molecule has 1 aromatic carbocycles. The molecular formula is C11H10F3NO3S. The topological polar surface area (TPSA) is 58.6 Å². The number of alkyl halides is 3. The van der Waals surface area contributed by atoms with E-state index >= 15 is 0 Å². The first-order valence-corrected chi connectivity index (χ1v) is 6.37. The summed E-state index contributed by atoms with van der Waals surface area (Å²) in [4.78, 5) is 10.8. The first kappa shape index (κ1) is 14.0. The second-order valence-corrected chi connectivity index (χ2v) is 4.99. The lowest BCUT2D eigenvalue weighted by Crippen LogP contribution is -2.33. The monoisotopic (exact) mass is 293 g/mol. The van der Waals surface area contributed by atoms with Crippen LogP contribution in [0.2, 0.25) is 0 Å². The molecule has 1 aliphatic heterocycles. The van der Waals surface area contributed by atoms with Crippen molar-refractivity contribution >= 4 is 17.7 Å². The molecule has 1 heterocycles. The van der Waals surface area contributed by atoms with Gasteiger partial charge in [0.1, 0.15) is 11.8 Å². The molecule has 2 atom stereocenters. The highest BCUT2D eigenvalue weighted by atomic mass is 32.2. The van der Waals surface area contributed by atoms with Crippen LogP contribution in [-0.4, -0.2) is 29.2 Å². The third-order valence-electron chi connectivity index (χ3n) is 2.51. The number of halogens is 3. The van der Waals surface area contributed by atoms with E-state index in [0.717, 1.165) is 0 Å². The number of nitrogens with one attached hydrogen (secondary N) is 1. The van der Waals surface area contributed by atoms with Crippen LogP contribution >= 0.6 is 11.8 Å². The Morgan fingerprint density at radius 2 is 2.11 bits per heavy atom. The van der Waals surface area contributed by atoms with Crippen LogP contribution in [0.3, 0.4) is 0 Å². The van der Waals surface area contributed by atoms with Crippen LogP contribution in [-0.2, 0) is 4.79 Å². The maximum Gasteiger partial charge on any atom is 0.573 e. The standard InChI is InChI=1S/C11H10F3NO3S/c12-11(13,14)18-8-4-2-1-3-6(8)9-15-7(5-19-9)10(16)17/h1-4,7,9,15H,5H2,(H,16,17)/t7-,9-/m0/s1. The van der Waals surface area contributed by atoms with Crippen molar-refractivity contribution in [2.75, 3.05) is 5.75 Å². The highest BCUT2D eigenvalue weighted by molar-refractivity contribution is 7.99. The summed E-state index contributed by atoms with van der Waals surface area (Å²) in [5, 5.41) is 11.1. The Hall–Kier alpha value is -1.41. The Morgan fingerprint density at radius 3 is 2.68 bits per heavy atom. The molecule has 0 amide bonds. The van der Waals surface area contributed by atoms with E-state index in [-0.39, 0.29) is 11.3 Å². The van der Waals surface area contributed by atoms with Crippen molar-refractivity contribution in [3.05, 3.63) is 29.8 Å². The number of thioether (sulfide) groups is 1. The molecule has 0 aliphatic carbocycles. The van der Waals surface area contributed by atoms with E-state index in [1.165, 1.54) is 30.0 Å². The van der Waals surface area contributed by atoms with Crippen LogP contribution in [0.4, 0.5) is 13.2 Å². The number of carbonyl (C=O) groups is 1. The van der Waals surface area contributed by atoms with Crippen LogP contribution < -0.4 is 10.1 Å². The number of carboxylic acid groups (broad SMARTS) is 1. The van der Waals surface area contributed by atoms with Gasteiger partial charge in [-0.1, -0.05) is 18.2 Å². The van der Waals surface area contributed by atoms with Crippen molar-refractivity contribution < 1.29 is 27.8 Å². The lowest BCUT2D eigenvalue weighted by atomic mass is 10.2. The van der Waals surface area contributed by atoms with Gasteiger partial charge in [-0.15, -0.1) is 24.9 Å². The van der Waals surface area contributed by atoms with Gasteiger partial charge in [-0.2, -0.15) is 0 Å². The van der Waals surface area contributed by atoms with E-state index in [2.05, 4.69) is 10.1 Å². The molecule has 1 saturated heterocycles. The van der Waals surface area contributed by atoms with Crippen molar-refractivity contribution in [2.45, 2.75) is 17.8 Å². The largest absolute Gasteiger partial charge is 0.573 e. The molecule has 4 nitrogen and oxygen atoms in total. The molecule has 8 heteroatoms. The van der Waals surface area contributed by atoms with Crippen molar-refractivity contribution in [1.82, 2.24) is 5.32 Å². The lowest BCUT2D eigenvalue weighted by molar-refractivity contribution is -0.274. The molecule has 1 fully saturated rings. The first-order chi connectivity index (χ1) is 8.87. The lowest BCUT2D eigenvalue weighted by Gasteiger charge is -2.17. The Morgan fingerprint density at radius 1 is 1.42 bits per heavy atom. The molecule has 2 N–H and O–H groups in total. The zero-order valence-corrected chi connectivity index (χ0v) is 10.3. The molecule has 0 radical (unpaired) electrons. The highest BCUT2D eigenvalue weighted by Gasteiger charge is 2.35. The third-order valence-corrected chi connectivity index (χ3v) is 3.76. The number of hydrogen-bond acceptors (Lipinski definition) is 4. The Balaban J connectivity index is 2.19. The van der Waals surface area contributed by atoms with Crippen molar-refractivity contribution in [2.24, 2.45) is 0 Å². The number of ether oxygens (including phenoxy) is 1. The third kappa shape index (κ3) is 3.54. The maximum absolute atomic E-state index is 12.3. The van der Waals surface area contributed by atoms with Gasteiger partial charge in [0.25, 0.3) is 0 Å². The molecule has 1 aromatic rings. The van der Waals surface area contributed by atoms with Crippen LogP contribution in [0.25, 0.3) is 0 Å². The summed E-state index contributed by atoms with van der Waals surface area (Å²) in [7, 11) is 0. The average molecular weight is 293 g/mol. The first-order valence-electron chi connectivity index (χ1n) is 5.32. The Bertz CT molecular complexity index is 480. The number of hydrogen-bond donors (Lipinski definition) is 2. The van der Waals surface area contributed by atoms with Gasteiger partial charge in [0, 0.05) is 11.3 Å². The average Bonchev–Trinajstić information content (AvgIpc) is 2.76. The van der Waals surface area contributed by atoms with Crippen LogP contribution in [0, 0.1) is 0 Å². The van der Waals surface area contributed by atoms with Crippen molar-refractivity contribution in [1.29, 1.82) is 0 Å². The number of para-hydroxylation sites is 1. The minimum absolute atomic E-state index is 0.286. The summed E-state index contributed by atoms with van der Waals surface area (Å²) < 4.78 is 40.7. The minimum Gasteiger partial charge on any atom is -0.480 e. The van der Waals surface area contributed by atoms with Gasteiger partial charge in [0.2, 0.25) is 0 Å². The number of carboxylic acids is 1. The summed E-state index contributed by atoms with van der Waals surface area (Å²) >= 11 is 1.23. The molecule has 0 bridgehead atoms. The highest BCUT2D eigenvalue weighted by Crippen LogP contribution is 2.39. The summed E-state index contributed by atoms with van der Waals surface area (Å²) in [6.45, 7) is 0. The van der Waals surface area contributed by atoms with Gasteiger partial charge in [0.15, 0.2) is 0 Å². The molecule has 2 rings (SSSR count). The molecule has 19 heavy (non-hydrogen) atoms. The number of benzene rings is 1. The molecular weight excluding hydrogens is 283 g/mol. The molecule has 0 spiro atoms. The van der Waals surface area contributed by atoms with Crippen molar-refractivity contribution in [3.63, 3.8) is 0 Å². The predicted octanol–water partition coefficient (Wildman–Crippen LogP) is 2.37. The summed E-state index contributed by atoms with van der Waals surface area (Å²) in [6, 6.07) is 4.93. The zero-order chi connectivity index (χ0) is 14.0. The molecule has 0 aromatic heterocycles. The molecule has 1 aliphatic rings. The molecule has 104 valence electrons. The van der Waals surface area contributed by atoms with Gasteiger partial charge in [-0.25, -0.2) is 0 Å². The van der Waals surface area contributed by atoms with Crippen LogP contribution in [0.5, 0.6) is 5.75 Å². The zero-order valence-electron chi connectivity index (χ0n) is 9.48. The van der Waals surface area contributed by atoms with E-state index < -0.39 is 23.7 Å². The van der Waals surface area contributed by atoms with E-state index in [9.17, 15) is 18.0 Å². The van der Waals surface area contributed by atoms with Gasteiger partial charge in [0.05, 0.1) is 5.37 Å². The smallest absolute Gasteiger partial charge is 0.480 e. The van der Waals surface area contributed by atoms with Crippen LogP contribution in [0.1, 0.15) is 10.9 Å². The minimum atomic E-state index is -4.77. The molecule has 0 saturated carbocycles. The Labute approximate surface area is 110 Å². The van der Waals surface area contributed by atoms with Gasteiger partial charge < -0.3 is 9.84 Å². The normalized spacial score (nSPS) is 23.3. The fourth-order valence-corrected chi connectivity index (χ4v) is 2.97. The number of rotatable bonds is 3. The molecule has 0 unspecified atom stereocenters. The second kappa shape index (κ2) is 5.30. The van der Waals surface area contributed by atoms with E-state index in [1.54, 1.807) is 6.07 Å².